The second-order valence-electron chi connectivity index (χ2n) is 4.10. The molecule has 106 valence electrons. The summed E-state index contributed by atoms with van der Waals surface area (Å²) in [6.45, 7) is -0.325. The van der Waals surface area contributed by atoms with E-state index >= 15 is 0 Å². The predicted molar refractivity (Wildman–Crippen MR) is 63.0 cm³/mol. The highest BCUT2D eigenvalue weighted by Gasteiger charge is 2.44. The van der Waals surface area contributed by atoms with Crippen LogP contribution in [0.3, 0.4) is 0 Å². The number of carbonyl (C=O) groups excluding carboxylic acids is 1. The van der Waals surface area contributed by atoms with Crippen molar-refractivity contribution in [2.45, 2.75) is 24.5 Å². The zero-order valence-electron chi connectivity index (χ0n) is 10.2. The molecule has 1 aliphatic rings. The number of imidazole rings is 1. The Morgan fingerprint density at radius 2 is 2.47 bits per heavy atom. The molecule has 0 saturated carbocycles. The fraction of sp³-hybridized carbons (Fsp3) is 0.600. The summed E-state index contributed by atoms with van der Waals surface area (Å²) < 4.78 is 10.3. The van der Waals surface area contributed by atoms with Gasteiger partial charge in [0.25, 0.3) is 5.91 Å². The number of aromatic amines is 1. The van der Waals surface area contributed by atoms with E-state index in [9.17, 15) is 9.90 Å². The number of nitrogens with one attached hydrogen (secondary N) is 2. The summed E-state index contributed by atoms with van der Waals surface area (Å²) >= 11 is 0. The van der Waals surface area contributed by atoms with E-state index in [1.807, 2.05) is 0 Å². The molecule has 4 atom stereocenters. The molecule has 1 amide bonds. The van der Waals surface area contributed by atoms with E-state index in [4.69, 9.17) is 20.3 Å². The first-order chi connectivity index (χ1) is 9.08. The predicted octanol–water partition coefficient (Wildman–Crippen LogP) is -2.19. The van der Waals surface area contributed by atoms with Crippen molar-refractivity contribution in [3.63, 3.8) is 0 Å². The number of rotatable bonds is 4. The van der Waals surface area contributed by atoms with Crippen molar-refractivity contribution in [1.29, 1.82) is 0 Å². The van der Waals surface area contributed by atoms with Crippen LogP contribution in [-0.2, 0) is 9.47 Å². The summed E-state index contributed by atoms with van der Waals surface area (Å²) in [5.74, 6) is -0.514. The SMILES string of the molecule is CO[C@H]1[C@@H](O)[C@H](NC(=O)c2[nH]cnc2N)O[C@@H]1CO. The quantitative estimate of drug-likeness (QED) is 0.419. The average Bonchev–Trinajstić information content (AvgIpc) is 2.94. The molecule has 1 aromatic rings. The minimum absolute atomic E-state index is 0.0481. The van der Waals surface area contributed by atoms with E-state index in [2.05, 4.69) is 15.3 Å². The van der Waals surface area contributed by atoms with E-state index in [1.165, 1.54) is 13.4 Å². The molecular formula is C10H16N4O5. The molecule has 0 bridgehead atoms. The van der Waals surface area contributed by atoms with Gasteiger partial charge in [0.15, 0.2) is 12.0 Å². The van der Waals surface area contributed by atoms with Crippen molar-refractivity contribution < 1.29 is 24.5 Å². The normalized spacial score (nSPS) is 30.5. The fourth-order valence-electron chi connectivity index (χ4n) is 1.98. The molecular weight excluding hydrogens is 256 g/mol. The van der Waals surface area contributed by atoms with Crippen molar-refractivity contribution in [3.8, 4) is 0 Å². The van der Waals surface area contributed by atoms with Gasteiger partial charge in [-0.3, -0.25) is 4.79 Å². The fourth-order valence-corrected chi connectivity index (χ4v) is 1.98. The van der Waals surface area contributed by atoms with Gasteiger partial charge in [0.05, 0.1) is 12.9 Å². The summed E-state index contributed by atoms with van der Waals surface area (Å²) in [5, 5.41) is 21.5. The summed E-state index contributed by atoms with van der Waals surface area (Å²) in [5.41, 5.74) is 5.57. The van der Waals surface area contributed by atoms with Crippen LogP contribution >= 0.6 is 0 Å². The first-order valence-electron chi connectivity index (χ1n) is 5.65. The van der Waals surface area contributed by atoms with Crippen molar-refractivity contribution in [2.75, 3.05) is 19.5 Å². The van der Waals surface area contributed by atoms with Gasteiger partial charge in [0, 0.05) is 7.11 Å². The number of methoxy groups -OCH3 is 1. The third-order valence-corrected chi connectivity index (χ3v) is 2.96. The van der Waals surface area contributed by atoms with Crippen LogP contribution in [-0.4, -0.2) is 64.3 Å². The molecule has 0 radical (unpaired) electrons. The Balaban J connectivity index is 2.04. The van der Waals surface area contributed by atoms with Crippen molar-refractivity contribution >= 4 is 11.7 Å². The first kappa shape index (κ1) is 13.7. The number of ether oxygens (including phenoxy) is 2. The lowest BCUT2D eigenvalue weighted by Crippen LogP contribution is -2.44. The number of nitrogen functional groups attached to an aromatic ring is 1. The molecule has 1 aliphatic heterocycles. The molecule has 0 spiro atoms. The Morgan fingerprint density at radius 1 is 1.74 bits per heavy atom. The molecule has 1 aromatic heterocycles. The molecule has 9 heteroatoms. The topological polar surface area (TPSA) is 143 Å². The highest BCUT2D eigenvalue weighted by molar-refractivity contribution is 5.96. The third-order valence-electron chi connectivity index (χ3n) is 2.96. The number of aliphatic hydroxyl groups is 2. The minimum atomic E-state index is -1.09. The van der Waals surface area contributed by atoms with E-state index in [0.29, 0.717) is 0 Å². The zero-order chi connectivity index (χ0) is 14.0. The monoisotopic (exact) mass is 272 g/mol. The number of amides is 1. The Kier molecular flexibility index (Phi) is 4.00. The standard InChI is InChI=1S/C10H16N4O5/c1-18-7-4(2-15)19-10(6(7)16)14-9(17)5-8(11)13-3-12-5/h3-4,6-7,10,15-16H,2,11H2,1H3,(H,12,13)(H,14,17)/t4-,6-,7-,10-/m1/s1. The van der Waals surface area contributed by atoms with E-state index < -0.39 is 30.4 Å². The van der Waals surface area contributed by atoms with Crippen LogP contribution in [0.1, 0.15) is 10.5 Å². The smallest absolute Gasteiger partial charge is 0.273 e. The molecule has 0 unspecified atom stereocenters. The van der Waals surface area contributed by atoms with E-state index in [-0.39, 0.29) is 18.1 Å². The molecule has 1 saturated heterocycles. The van der Waals surface area contributed by atoms with Gasteiger partial charge >= 0.3 is 0 Å². The molecule has 1 fully saturated rings. The average molecular weight is 272 g/mol. The summed E-state index contributed by atoms with van der Waals surface area (Å²) in [4.78, 5) is 18.1. The van der Waals surface area contributed by atoms with Crippen molar-refractivity contribution in [2.24, 2.45) is 0 Å². The largest absolute Gasteiger partial charge is 0.394 e. The molecule has 6 N–H and O–H groups in total. The number of nitrogens with two attached hydrogens (primary N) is 1. The van der Waals surface area contributed by atoms with Crippen LogP contribution in [0.2, 0.25) is 0 Å². The lowest BCUT2D eigenvalue weighted by Gasteiger charge is -2.17. The van der Waals surface area contributed by atoms with Crippen molar-refractivity contribution in [1.82, 2.24) is 15.3 Å². The van der Waals surface area contributed by atoms with Crippen LogP contribution in [0.5, 0.6) is 0 Å². The number of hydrogen-bond donors (Lipinski definition) is 5. The van der Waals surface area contributed by atoms with Gasteiger partial charge in [0.1, 0.15) is 24.0 Å². The van der Waals surface area contributed by atoms with Crippen LogP contribution in [0, 0.1) is 0 Å². The van der Waals surface area contributed by atoms with Crippen LogP contribution in [0.25, 0.3) is 0 Å². The maximum atomic E-state index is 11.9. The lowest BCUT2D eigenvalue weighted by atomic mass is 10.1. The maximum Gasteiger partial charge on any atom is 0.273 e. The Bertz CT molecular complexity index is 451. The second-order valence-corrected chi connectivity index (χ2v) is 4.10. The Hall–Kier alpha value is -1.68. The summed E-state index contributed by atoms with van der Waals surface area (Å²) in [6.07, 6.45) is -2.21. The second kappa shape index (κ2) is 5.53. The molecule has 9 nitrogen and oxygen atoms in total. The summed E-state index contributed by atoms with van der Waals surface area (Å²) in [7, 11) is 1.39. The van der Waals surface area contributed by atoms with Crippen LogP contribution in [0.15, 0.2) is 6.33 Å². The number of anilines is 1. The lowest BCUT2D eigenvalue weighted by molar-refractivity contribution is -0.0394. The first-order valence-corrected chi connectivity index (χ1v) is 5.65. The molecule has 0 aromatic carbocycles. The van der Waals surface area contributed by atoms with Crippen molar-refractivity contribution in [3.05, 3.63) is 12.0 Å². The van der Waals surface area contributed by atoms with Gasteiger partial charge in [-0.2, -0.15) is 0 Å². The van der Waals surface area contributed by atoms with Crippen LogP contribution in [0.4, 0.5) is 5.82 Å². The zero-order valence-corrected chi connectivity index (χ0v) is 10.2. The van der Waals surface area contributed by atoms with Gasteiger partial charge in [0.2, 0.25) is 0 Å². The third kappa shape index (κ3) is 2.54. The van der Waals surface area contributed by atoms with Gasteiger partial charge in [-0.1, -0.05) is 0 Å². The van der Waals surface area contributed by atoms with E-state index in [1.54, 1.807) is 0 Å². The highest BCUT2D eigenvalue weighted by Crippen LogP contribution is 2.22. The number of hydrogen-bond acceptors (Lipinski definition) is 7. The number of aromatic nitrogens is 2. The number of H-pyrrole nitrogens is 1. The molecule has 2 heterocycles. The van der Waals surface area contributed by atoms with Gasteiger partial charge in [-0.15, -0.1) is 0 Å². The van der Waals surface area contributed by atoms with E-state index in [0.717, 1.165) is 0 Å². The van der Waals surface area contributed by atoms with Gasteiger partial charge < -0.3 is 35.7 Å². The number of aliphatic hydroxyl groups excluding tert-OH is 2. The Labute approximate surface area is 108 Å². The van der Waals surface area contributed by atoms with Crippen LogP contribution < -0.4 is 11.1 Å². The highest BCUT2D eigenvalue weighted by atomic mass is 16.6. The maximum absolute atomic E-state index is 11.9. The number of nitrogens with zero attached hydrogens (tertiary/aromatic N) is 1. The van der Waals surface area contributed by atoms with Gasteiger partial charge in [-0.25, -0.2) is 4.98 Å². The molecule has 0 aliphatic carbocycles. The van der Waals surface area contributed by atoms with Gasteiger partial charge in [-0.05, 0) is 0 Å². The Morgan fingerprint density at radius 3 is 2.95 bits per heavy atom. The molecule has 2 rings (SSSR count). The molecule has 19 heavy (non-hydrogen) atoms. The number of carbonyl (C=O) groups is 1. The summed E-state index contributed by atoms with van der Waals surface area (Å²) in [6, 6.07) is 0. The minimum Gasteiger partial charge on any atom is -0.394 e.